The van der Waals surface area contributed by atoms with Crippen LogP contribution in [-0.4, -0.2) is 35.1 Å². The Bertz CT molecular complexity index is 360. The SMILES string of the molecule is C#CNC1CCC(=O)NC(C(=O)O)NC1=O. The first kappa shape index (κ1) is 11.8. The normalized spacial score (nSPS) is 25.4. The lowest BCUT2D eigenvalue weighted by molar-refractivity contribution is -0.145. The second-order valence-corrected chi connectivity index (χ2v) is 3.23. The van der Waals surface area contributed by atoms with Gasteiger partial charge < -0.3 is 21.1 Å². The van der Waals surface area contributed by atoms with E-state index in [4.69, 9.17) is 11.5 Å². The molecular weight excluding hydrogens is 214 g/mol. The fourth-order valence-electron chi connectivity index (χ4n) is 1.28. The van der Waals surface area contributed by atoms with Crippen molar-refractivity contribution in [3.63, 3.8) is 0 Å². The molecule has 1 aliphatic heterocycles. The summed E-state index contributed by atoms with van der Waals surface area (Å²) in [6, 6.07) is 1.33. The summed E-state index contributed by atoms with van der Waals surface area (Å²) in [5, 5.41) is 15.5. The standard InChI is InChI=1S/C9H11N3O4/c1-2-10-5-3-4-6(13)11-7(9(15)16)12-8(5)14/h1,5,7,10H,3-4H2,(H,11,13)(H,12,14)(H,15,16). The molecule has 0 saturated carbocycles. The van der Waals surface area contributed by atoms with E-state index in [-0.39, 0.29) is 12.8 Å². The average Bonchev–Trinajstić information content (AvgIpc) is 2.21. The molecule has 1 rings (SSSR count). The Labute approximate surface area is 91.6 Å². The highest BCUT2D eigenvalue weighted by Gasteiger charge is 2.29. The number of aliphatic carboxylic acids is 1. The number of hydrogen-bond donors (Lipinski definition) is 4. The second-order valence-electron chi connectivity index (χ2n) is 3.23. The molecule has 0 radical (unpaired) electrons. The quantitative estimate of drug-likeness (QED) is 0.320. The van der Waals surface area contributed by atoms with Gasteiger partial charge in [0.05, 0.1) is 0 Å². The number of nitrogens with one attached hydrogen (secondary N) is 3. The van der Waals surface area contributed by atoms with E-state index >= 15 is 0 Å². The first-order valence-corrected chi connectivity index (χ1v) is 4.58. The van der Waals surface area contributed by atoms with Gasteiger partial charge in [0.15, 0.2) is 0 Å². The lowest BCUT2D eigenvalue weighted by Crippen LogP contribution is -2.58. The summed E-state index contributed by atoms with van der Waals surface area (Å²) in [5.41, 5.74) is 0. The van der Waals surface area contributed by atoms with Crippen LogP contribution in [0.25, 0.3) is 0 Å². The van der Waals surface area contributed by atoms with Gasteiger partial charge in [0.1, 0.15) is 6.04 Å². The van der Waals surface area contributed by atoms with Gasteiger partial charge in [0, 0.05) is 12.5 Å². The Morgan fingerprint density at radius 1 is 1.50 bits per heavy atom. The third-order valence-corrected chi connectivity index (χ3v) is 2.07. The molecule has 2 unspecified atom stereocenters. The Morgan fingerprint density at radius 2 is 2.19 bits per heavy atom. The fourth-order valence-corrected chi connectivity index (χ4v) is 1.28. The summed E-state index contributed by atoms with van der Waals surface area (Å²) in [5.74, 6) is -2.33. The first-order valence-electron chi connectivity index (χ1n) is 4.58. The van der Waals surface area contributed by atoms with E-state index in [0.29, 0.717) is 0 Å². The molecule has 4 N–H and O–H groups in total. The summed E-state index contributed by atoms with van der Waals surface area (Å²) in [7, 11) is 0. The summed E-state index contributed by atoms with van der Waals surface area (Å²) in [4.78, 5) is 33.4. The number of carbonyl (C=O) groups is 3. The zero-order valence-electron chi connectivity index (χ0n) is 8.32. The van der Waals surface area contributed by atoms with Crippen LogP contribution in [0.3, 0.4) is 0 Å². The molecule has 0 aromatic heterocycles. The predicted octanol–water partition coefficient (Wildman–Crippen LogP) is -2.03. The van der Waals surface area contributed by atoms with Gasteiger partial charge in [-0.05, 0) is 6.42 Å². The van der Waals surface area contributed by atoms with Gasteiger partial charge in [-0.1, -0.05) is 6.42 Å². The van der Waals surface area contributed by atoms with Crippen LogP contribution in [0.1, 0.15) is 12.8 Å². The van der Waals surface area contributed by atoms with Gasteiger partial charge in [0.25, 0.3) is 0 Å². The van der Waals surface area contributed by atoms with E-state index in [2.05, 4.69) is 22.0 Å². The van der Waals surface area contributed by atoms with Gasteiger partial charge in [-0.25, -0.2) is 4.79 Å². The van der Waals surface area contributed by atoms with Crippen molar-refractivity contribution >= 4 is 17.8 Å². The molecule has 0 aromatic rings. The minimum absolute atomic E-state index is 0.0382. The summed E-state index contributed by atoms with van der Waals surface area (Å²) >= 11 is 0. The van der Waals surface area contributed by atoms with Crippen molar-refractivity contribution in [1.29, 1.82) is 0 Å². The highest BCUT2D eigenvalue weighted by atomic mass is 16.4. The molecule has 0 aromatic carbocycles. The molecule has 16 heavy (non-hydrogen) atoms. The van der Waals surface area contributed by atoms with Crippen LogP contribution in [0.2, 0.25) is 0 Å². The highest BCUT2D eigenvalue weighted by Crippen LogP contribution is 2.01. The van der Waals surface area contributed by atoms with Crippen LogP contribution < -0.4 is 16.0 Å². The molecule has 7 nitrogen and oxygen atoms in total. The largest absolute Gasteiger partial charge is 0.478 e. The summed E-state index contributed by atoms with van der Waals surface area (Å²) < 4.78 is 0. The second kappa shape index (κ2) is 5.02. The van der Waals surface area contributed by atoms with Crippen LogP contribution >= 0.6 is 0 Å². The van der Waals surface area contributed by atoms with E-state index in [1.54, 1.807) is 0 Å². The molecule has 86 valence electrons. The smallest absolute Gasteiger partial charge is 0.347 e. The lowest BCUT2D eigenvalue weighted by Gasteiger charge is -2.23. The zero-order valence-corrected chi connectivity index (χ0v) is 8.32. The van der Waals surface area contributed by atoms with Gasteiger partial charge in [0.2, 0.25) is 18.0 Å². The molecule has 0 spiro atoms. The number of amides is 2. The van der Waals surface area contributed by atoms with Crippen molar-refractivity contribution in [1.82, 2.24) is 16.0 Å². The van der Waals surface area contributed by atoms with Crippen LogP contribution in [0.4, 0.5) is 0 Å². The number of carboxylic acid groups (broad SMARTS) is 1. The van der Waals surface area contributed by atoms with Crippen LogP contribution in [0.5, 0.6) is 0 Å². The topological polar surface area (TPSA) is 108 Å². The van der Waals surface area contributed by atoms with Gasteiger partial charge >= 0.3 is 5.97 Å². The van der Waals surface area contributed by atoms with Gasteiger partial charge in [-0.3, -0.25) is 9.59 Å². The minimum Gasteiger partial charge on any atom is -0.478 e. The molecular formula is C9H11N3O4. The number of hydrogen-bond acceptors (Lipinski definition) is 4. The summed E-state index contributed by atoms with van der Waals surface area (Å²) in [6.45, 7) is 0. The Morgan fingerprint density at radius 3 is 2.75 bits per heavy atom. The molecule has 2 amide bonds. The molecule has 0 aliphatic carbocycles. The van der Waals surface area contributed by atoms with Gasteiger partial charge in [-0.2, -0.15) is 0 Å². The van der Waals surface area contributed by atoms with Crippen molar-refractivity contribution in [2.24, 2.45) is 0 Å². The third kappa shape index (κ3) is 2.88. The van der Waals surface area contributed by atoms with E-state index < -0.39 is 30.0 Å². The lowest BCUT2D eigenvalue weighted by atomic mass is 10.1. The van der Waals surface area contributed by atoms with Crippen LogP contribution in [-0.2, 0) is 14.4 Å². The molecule has 1 aliphatic rings. The first-order chi connectivity index (χ1) is 7.54. The van der Waals surface area contributed by atoms with E-state index in [1.165, 1.54) is 0 Å². The number of terminal acetylenes is 1. The van der Waals surface area contributed by atoms with Gasteiger partial charge in [-0.15, -0.1) is 0 Å². The number of rotatable bonds is 2. The maximum Gasteiger partial charge on any atom is 0.347 e. The van der Waals surface area contributed by atoms with Crippen molar-refractivity contribution in [2.45, 2.75) is 25.0 Å². The molecule has 7 heteroatoms. The Balaban J connectivity index is 2.77. The number of carbonyl (C=O) groups excluding carboxylic acids is 2. The summed E-state index contributed by atoms with van der Waals surface area (Å²) in [6.07, 6.45) is 3.82. The predicted molar refractivity (Wildman–Crippen MR) is 52.7 cm³/mol. The maximum atomic E-state index is 11.5. The molecule has 2 atom stereocenters. The van der Waals surface area contributed by atoms with Crippen molar-refractivity contribution in [2.75, 3.05) is 0 Å². The van der Waals surface area contributed by atoms with Crippen LogP contribution in [0.15, 0.2) is 0 Å². The molecule has 1 fully saturated rings. The Kier molecular flexibility index (Phi) is 3.72. The minimum atomic E-state index is -1.41. The van der Waals surface area contributed by atoms with Crippen molar-refractivity contribution < 1.29 is 19.5 Å². The Hall–Kier alpha value is -2.23. The average molecular weight is 225 g/mol. The van der Waals surface area contributed by atoms with Crippen molar-refractivity contribution in [3.05, 3.63) is 0 Å². The van der Waals surface area contributed by atoms with Crippen molar-refractivity contribution in [3.8, 4) is 12.5 Å². The maximum absolute atomic E-state index is 11.5. The van der Waals surface area contributed by atoms with E-state index in [9.17, 15) is 14.4 Å². The monoisotopic (exact) mass is 225 g/mol. The molecule has 1 saturated heterocycles. The highest BCUT2D eigenvalue weighted by molar-refractivity contribution is 5.91. The third-order valence-electron chi connectivity index (χ3n) is 2.07. The van der Waals surface area contributed by atoms with E-state index in [0.717, 1.165) is 0 Å². The zero-order chi connectivity index (χ0) is 12.1. The fraction of sp³-hybridized carbons (Fsp3) is 0.444. The number of carboxylic acids is 1. The van der Waals surface area contributed by atoms with E-state index in [1.807, 2.05) is 0 Å². The van der Waals surface area contributed by atoms with Crippen LogP contribution in [0, 0.1) is 12.5 Å². The molecule has 0 bridgehead atoms. The molecule has 1 heterocycles.